The van der Waals surface area contributed by atoms with Crippen LogP contribution in [0.5, 0.6) is 0 Å². The molecule has 0 fully saturated rings. The zero-order valence-corrected chi connectivity index (χ0v) is 12.6. The third-order valence-corrected chi connectivity index (χ3v) is 1.33. The van der Waals surface area contributed by atoms with E-state index in [2.05, 4.69) is 18.8 Å². The molecule has 0 nitrogen and oxygen atoms in total. The molecule has 0 aromatic rings. The first-order chi connectivity index (χ1) is 4.41. The quantitative estimate of drug-likeness (QED) is 0.289. The van der Waals surface area contributed by atoms with Crippen molar-refractivity contribution in [3.63, 3.8) is 0 Å². The summed E-state index contributed by atoms with van der Waals surface area (Å²) < 4.78 is 0. The average Bonchev–Trinajstić information content (AvgIpc) is 1.89. The topological polar surface area (TPSA) is 0 Å². The van der Waals surface area contributed by atoms with Crippen LogP contribution in [0.1, 0.15) is 46.0 Å². The molecule has 0 rings (SSSR count). The van der Waals surface area contributed by atoms with Crippen molar-refractivity contribution >= 4 is 23.1 Å². The molecule has 0 amide bonds. The molecule has 0 aliphatic heterocycles. The van der Waals surface area contributed by atoms with Gasteiger partial charge >= 0.3 is 23.1 Å². The van der Waals surface area contributed by atoms with Crippen LogP contribution < -0.4 is 34.0 Å². The molecule has 3 heteroatoms. The Kier molecular flexibility index (Phi) is 44.2. The first kappa shape index (κ1) is 23.3. The summed E-state index contributed by atoms with van der Waals surface area (Å²) in [5, 5.41) is 0. The fraction of sp³-hybridized carbons (Fsp3) is 0.778. The smallest absolute Gasteiger partial charge is 1.00 e. The van der Waals surface area contributed by atoms with E-state index in [4.69, 9.17) is 0 Å². The van der Waals surface area contributed by atoms with Crippen LogP contribution in [0.25, 0.3) is 0 Å². The van der Waals surface area contributed by atoms with Gasteiger partial charge in [0.2, 0.25) is 0 Å². The van der Waals surface area contributed by atoms with Gasteiger partial charge in [-0.05, 0) is 13.3 Å². The van der Waals surface area contributed by atoms with Gasteiger partial charge in [0.25, 0.3) is 0 Å². The fourth-order valence-electron chi connectivity index (χ4n) is 0.765. The minimum atomic E-state index is 0. The molecule has 0 aliphatic rings. The van der Waals surface area contributed by atoms with Crippen molar-refractivity contribution in [1.29, 1.82) is 0 Å². The zero-order valence-electron chi connectivity index (χ0n) is 8.00. The summed E-state index contributed by atoms with van der Waals surface area (Å²) in [7, 11) is 0. The predicted molar refractivity (Wildman–Crippen MR) is 48.0 cm³/mol. The molecule has 0 spiro atoms. The SMILES string of the molecule is CC#CCCCCCC.[Br-].[Br-].[Mg+2]. The molecule has 0 radical (unpaired) electrons. The Morgan fingerprint density at radius 3 is 2.00 bits per heavy atom. The molecule has 0 aliphatic carbocycles. The number of unbranched alkanes of at least 4 members (excludes halogenated alkanes) is 4. The standard InChI is InChI=1S/C9H16.2BrH.Mg/c1-3-5-7-9-8-6-4-2;;;/h3,5,7-9H2,1-2H3;2*1H;/q;;;+2/p-2. The molecule has 0 bridgehead atoms. The van der Waals surface area contributed by atoms with E-state index in [-0.39, 0.29) is 57.0 Å². The van der Waals surface area contributed by atoms with Crippen LogP contribution in [0.3, 0.4) is 0 Å². The molecule has 12 heavy (non-hydrogen) atoms. The van der Waals surface area contributed by atoms with E-state index in [0.717, 1.165) is 6.42 Å². The van der Waals surface area contributed by atoms with Crippen LogP contribution in [0.4, 0.5) is 0 Å². The summed E-state index contributed by atoms with van der Waals surface area (Å²) in [5.41, 5.74) is 0. The summed E-state index contributed by atoms with van der Waals surface area (Å²) in [6.45, 7) is 4.13. The Hall–Kier alpha value is 1.29. The number of halogens is 2. The third kappa shape index (κ3) is 22.5. The molecule has 0 saturated carbocycles. The molecule has 0 aromatic heterocycles. The molecule has 0 heterocycles. The molecule has 0 saturated heterocycles. The number of hydrogen-bond acceptors (Lipinski definition) is 0. The maximum atomic E-state index is 3.06. The largest absolute Gasteiger partial charge is 2.00 e. The Labute approximate surface area is 114 Å². The maximum Gasteiger partial charge on any atom is 2.00 e. The van der Waals surface area contributed by atoms with E-state index in [1.807, 2.05) is 6.92 Å². The van der Waals surface area contributed by atoms with Gasteiger partial charge in [-0.3, -0.25) is 0 Å². The molecule has 0 aromatic carbocycles. The van der Waals surface area contributed by atoms with E-state index >= 15 is 0 Å². The van der Waals surface area contributed by atoms with Crippen molar-refractivity contribution in [1.82, 2.24) is 0 Å². The zero-order chi connectivity index (χ0) is 6.95. The normalized spacial score (nSPS) is 6.17. The van der Waals surface area contributed by atoms with Gasteiger partial charge in [0.15, 0.2) is 0 Å². The molecular weight excluding hydrogens is 292 g/mol. The van der Waals surface area contributed by atoms with Gasteiger partial charge in [-0.25, -0.2) is 0 Å². The van der Waals surface area contributed by atoms with Gasteiger partial charge in [0.1, 0.15) is 0 Å². The van der Waals surface area contributed by atoms with Crippen molar-refractivity contribution in [2.75, 3.05) is 0 Å². The van der Waals surface area contributed by atoms with Crippen molar-refractivity contribution in [3.8, 4) is 11.8 Å². The first-order valence-electron chi connectivity index (χ1n) is 3.81. The Balaban J connectivity index is -0.000000107. The van der Waals surface area contributed by atoms with Crippen molar-refractivity contribution in [3.05, 3.63) is 0 Å². The molecular formula is C9H16Br2Mg. The van der Waals surface area contributed by atoms with E-state index < -0.39 is 0 Å². The summed E-state index contributed by atoms with van der Waals surface area (Å²) in [6.07, 6.45) is 6.42. The Bertz CT molecular complexity index is 105. The third-order valence-electron chi connectivity index (χ3n) is 1.33. The minimum absolute atomic E-state index is 0. The van der Waals surface area contributed by atoms with E-state index in [1.54, 1.807) is 0 Å². The van der Waals surface area contributed by atoms with Crippen LogP contribution in [0.15, 0.2) is 0 Å². The van der Waals surface area contributed by atoms with Crippen LogP contribution in [-0.2, 0) is 0 Å². The minimum Gasteiger partial charge on any atom is -1.00 e. The second-order valence-electron chi connectivity index (χ2n) is 2.24. The van der Waals surface area contributed by atoms with Crippen LogP contribution in [0, 0.1) is 11.8 Å². The summed E-state index contributed by atoms with van der Waals surface area (Å²) in [5.74, 6) is 5.95. The van der Waals surface area contributed by atoms with Crippen LogP contribution in [-0.4, -0.2) is 23.1 Å². The van der Waals surface area contributed by atoms with Crippen LogP contribution >= 0.6 is 0 Å². The molecule has 0 N–H and O–H groups in total. The van der Waals surface area contributed by atoms with Gasteiger partial charge in [-0.2, -0.15) is 0 Å². The van der Waals surface area contributed by atoms with Gasteiger partial charge < -0.3 is 34.0 Å². The first-order valence-corrected chi connectivity index (χ1v) is 3.81. The van der Waals surface area contributed by atoms with Crippen LogP contribution in [0.2, 0.25) is 0 Å². The predicted octanol–water partition coefficient (Wildman–Crippen LogP) is -3.39. The number of rotatable bonds is 4. The maximum absolute atomic E-state index is 3.06. The van der Waals surface area contributed by atoms with E-state index in [9.17, 15) is 0 Å². The summed E-state index contributed by atoms with van der Waals surface area (Å²) in [4.78, 5) is 0. The van der Waals surface area contributed by atoms with E-state index in [0.29, 0.717) is 0 Å². The molecule has 0 unspecified atom stereocenters. The molecule has 68 valence electrons. The fourth-order valence-corrected chi connectivity index (χ4v) is 0.765. The van der Waals surface area contributed by atoms with Crippen molar-refractivity contribution in [2.45, 2.75) is 46.0 Å². The molecule has 0 atom stereocenters. The second-order valence-corrected chi connectivity index (χ2v) is 2.24. The van der Waals surface area contributed by atoms with Gasteiger partial charge in [-0.1, -0.05) is 26.2 Å². The summed E-state index contributed by atoms with van der Waals surface area (Å²) in [6, 6.07) is 0. The van der Waals surface area contributed by atoms with Gasteiger partial charge in [0.05, 0.1) is 0 Å². The Morgan fingerprint density at radius 2 is 1.58 bits per heavy atom. The monoisotopic (exact) mass is 306 g/mol. The van der Waals surface area contributed by atoms with Crippen molar-refractivity contribution < 1.29 is 34.0 Å². The average molecular weight is 308 g/mol. The van der Waals surface area contributed by atoms with Gasteiger partial charge in [0, 0.05) is 6.42 Å². The van der Waals surface area contributed by atoms with Gasteiger partial charge in [-0.15, -0.1) is 11.8 Å². The van der Waals surface area contributed by atoms with Crippen molar-refractivity contribution in [2.24, 2.45) is 0 Å². The number of hydrogen-bond donors (Lipinski definition) is 0. The summed E-state index contributed by atoms with van der Waals surface area (Å²) >= 11 is 0. The van der Waals surface area contributed by atoms with E-state index in [1.165, 1.54) is 25.7 Å². The Morgan fingerprint density at radius 1 is 1.00 bits per heavy atom. The second kappa shape index (κ2) is 22.8.